The fraction of sp³-hybridized carbons (Fsp3) is 0.200. The average molecular weight is 217 g/mol. The maximum Gasteiger partial charge on any atom is 0.232 e. The van der Waals surface area contributed by atoms with Gasteiger partial charge in [-0.25, -0.2) is 9.50 Å². The molecule has 3 heterocycles. The van der Waals surface area contributed by atoms with E-state index in [9.17, 15) is 0 Å². The van der Waals surface area contributed by atoms with Crippen molar-refractivity contribution >= 4 is 5.78 Å². The average Bonchev–Trinajstić information content (AvgIpc) is 2.96. The highest BCUT2D eigenvalue weighted by atomic mass is 16.3. The van der Waals surface area contributed by atoms with E-state index in [0.29, 0.717) is 6.54 Å². The van der Waals surface area contributed by atoms with Gasteiger partial charge in [0.05, 0.1) is 18.2 Å². The third-order valence-corrected chi connectivity index (χ3v) is 2.49. The van der Waals surface area contributed by atoms with Gasteiger partial charge >= 0.3 is 0 Å². The molecule has 0 saturated heterocycles. The molecule has 0 aliphatic heterocycles. The van der Waals surface area contributed by atoms with Crippen LogP contribution in [0.3, 0.4) is 0 Å². The third-order valence-electron chi connectivity index (χ3n) is 2.49. The second-order valence-electron chi connectivity index (χ2n) is 3.54. The lowest BCUT2D eigenvalue weighted by Crippen LogP contribution is -1.97. The molecule has 0 radical (unpaired) electrons. The number of aromatic nitrogens is 4. The highest BCUT2D eigenvalue weighted by Crippen LogP contribution is 2.19. The van der Waals surface area contributed by atoms with Crippen molar-refractivity contribution in [1.82, 2.24) is 19.2 Å². The second-order valence-corrected chi connectivity index (χ2v) is 3.54. The first kappa shape index (κ1) is 9.17. The summed E-state index contributed by atoms with van der Waals surface area (Å²) in [5.41, 5.74) is 6.35. The van der Waals surface area contributed by atoms with E-state index in [1.165, 1.54) is 0 Å². The Morgan fingerprint density at radius 1 is 1.50 bits per heavy atom. The molecule has 0 atom stereocenters. The zero-order valence-corrected chi connectivity index (χ0v) is 8.79. The first-order chi connectivity index (χ1) is 7.79. The molecule has 6 heteroatoms. The van der Waals surface area contributed by atoms with E-state index in [-0.39, 0.29) is 0 Å². The number of imidazole rings is 1. The lowest BCUT2D eigenvalue weighted by atomic mass is 10.4. The summed E-state index contributed by atoms with van der Waals surface area (Å²) >= 11 is 0. The Kier molecular flexibility index (Phi) is 1.84. The Labute approximate surface area is 91.3 Å². The van der Waals surface area contributed by atoms with Crippen molar-refractivity contribution in [3.8, 4) is 11.6 Å². The van der Waals surface area contributed by atoms with Crippen molar-refractivity contribution in [3.63, 3.8) is 0 Å². The Morgan fingerprint density at radius 2 is 2.38 bits per heavy atom. The summed E-state index contributed by atoms with van der Waals surface area (Å²) in [7, 11) is 1.90. The monoisotopic (exact) mass is 217 g/mol. The Bertz CT molecular complexity index is 619. The highest BCUT2D eigenvalue weighted by molar-refractivity contribution is 5.51. The maximum atomic E-state index is 5.52. The first-order valence-electron chi connectivity index (χ1n) is 4.94. The van der Waals surface area contributed by atoms with E-state index in [1.54, 1.807) is 10.8 Å². The zero-order chi connectivity index (χ0) is 11.1. The van der Waals surface area contributed by atoms with Gasteiger partial charge in [0.2, 0.25) is 5.78 Å². The van der Waals surface area contributed by atoms with Crippen LogP contribution in [0.25, 0.3) is 17.4 Å². The summed E-state index contributed by atoms with van der Waals surface area (Å²) in [6.07, 6.45) is 3.44. The molecular formula is C10H11N5O. The van der Waals surface area contributed by atoms with Crippen LogP contribution in [0.15, 0.2) is 29.0 Å². The number of furan rings is 1. The van der Waals surface area contributed by atoms with Crippen LogP contribution in [0, 0.1) is 0 Å². The van der Waals surface area contributed by atoms with Crippen molar-refractivity contribution in [2.45, 2.75) is 6.54 Å². The number of hydrogen-bond acceptors (Lipinski definition) is 4. The van der Waals surface area contributed by atoms with Crippen molar-refractivity contribution in [3.05, 3.63) is 30.3 Å². The maximum absolute atomic E-state index is 5.52. The molecule has 0 aliphatic rings. The largest absolute Gasteiger partial charge is 0.461 e. The van der Waals surface area contributed by atoms with E-state index >= 15 is 0 Å². The molecule has 3 aromatic rings. The predicted molar refractivity (Wildman–Crippen MR) is 57.6 cm³/mol. The fourth-order valence-corrected chi connectivity index (χ4v) is 1.69. The minimum atomic E-state index is 0.416. The summed E-state index contributed by atoms with van der Waals surface area (Å²) < 4.78 is 8.89. The molecule has 0 bridgehead atoms. The van der Waals surface area contributed by atoms with Crippen molar-refractivity contribution in [2.75, 3.05) is 0 Å². The molecule has 0 saturated carbocycles. The lowest BCUT2D eigenvalue weighted by Gasteiger charge is -1.95. The zero-order valence-electron chi connectivity index (χ0n) is 8.79. The van der Waals surface area contributed by atoms with E-state index in [2.05, 4.69) is 10.1 Å². The Morgan fingerprint density at radius 3 is 3.00 bits per heavy atom. The van der Waals surface area contributed by atoms with Crippen LogP contribution in [0.2, 0.25) is 0 Å². The molecule has 82 valence electrons. The smallest absolute Gasteiger partial charge is 0.232 e. The van der Waals surface area contributed by atoms with Gasteiger partial charge in [-0.3, -0.25) is 4.57 Å². The predicted octanol–water partition coefficient (Wildman–Crippen LogP) is 0.786. The van der Waals surface area contributed by atoms with Gasteiger partial charge in [0, 0.05) is 13.6 Å². The van der Waals surface area contributed by atoms with Crippen LogP contribution in [-0.2, 0) is 13.6 Å². The number of nitrogens with zero attached hydrogens (tertiary/aromatic N) is 4. The van der Waals surface area contributed by atoms with Gasteiger partial charge < -0.3 is 10.2 Å². The van der Waals surface area contributed by atoms with Crippen LogP contribution in [0.5, 0.6) is 0 Å². The molecule has 0 spiro atoms. The number of fused-ring (bicyclic) bond motifs is 1. The molecule has 6 nitrogen and oxygen atoms in total. The Balaban J connectivity index is 2.21. The van der Waals surface area contributed by atoms with E-state index < -0.39 is 0 Å². The quantitative estimate of drug-likeness (QED) is 0.688. The number of nitrogens with two attached hydrogens (primary N) is 1. The van der Waals surface area contributed by atoms with Crippen molar-refractivity contribution in [2.24, 2.45) is 12.8 Å². The molecular weight excluding hydrogens is 206 g/mol. The standard InChI is InChI=1S/C10H11N5O/c1-14-9(8-3-2-4-16-8)13-15-6-7(5-11)12-10(14)15/h2-4,6H,5,11H2,1H3. The summed E-state index contributed by atoms with van der Waals surface area (Å²) in [5.74, 6) is 2.23. The summed E-state index contributed by atoms with van der Waals surface area (Å²) in [6, 6.07) is 3.70. The number of hydrogen-bond donors (Lipinski definition) is 1. The molecule has 16 heavy (non-hydrogen) atoms. The van der Waals surface area contributed by atoms with Gasteiger partial charge in [-0.2, -0.15) is 0 Å². The van der Waals surface area contributed by atoms with Gasteiger partial charge in [0.1, 0.15) is 0 Å². The van der Waals surface area contributed by atoms with Crippen molar-refractivity contribution < 1.29 is 4.42 Å². The summed E-state index contributed by atoms with van der Waals surface area (Å²) in [6.45, 7) is 0.416. The number of aryl methyl sites for hydroxylation is 1. The Hall–Kier alpha value is -2.08. The van der Waals surface area contributed by atoms with Crippen LogP contribution in [0.4, 0.5) is 0 Å². The van der Waals surface area contributed by atoms with Crippen LogP contribution in [0.1, 0.15) is 5.69 Å². The van der Waals surface area contributed by atoms with E-state index in [0.717, 1.165) is 23.1 Å². The van der Waals surface area contributed by atoms with Crippen LogP contribution >= 0.6 is 0 Å². The van der Waals surface area contributed by atoms with Gasteiger partial charge in [-0.15, -0.1) is 5.10 Å². The van der Waals surface area contributed by atoms with Crippen molar-refractivity contribution in [1.29, 1.82) is 0 Å². The lowest BCUT2D eigenvalue weighted by molar-refractivity contribution is 0.573. The summed E-state index contributed by atoms with van der Waals surface area (Å²) in [5, 5.41) is 4.39. The van der Waals surface area contributed by atoms with Crippen LogP contribution < -0.4 is 5.73 Å². The minimum absolute atomic E-state index is 0.416. The molecule has 0 amide bonds. The minimum Gasteiger partial charge on any atom is -0.461 e. The topological polar surface area (TPSA) is 74.3 Å². The number of rotatable bonds is 2. The highest BCUT2D eigenvalue weighted by Gasteiger charge is 2.14. The molecule has 0 aromatic carbocycles. The van der Waals surface area contributed by atoms with Gasteiger partial charge in [0.25, 0.3) is 0 Å². The van der Waals surface area contributed by atoms with Gasteiger partial charge in [0.15, 0.2) is 11.6 Å². The van der Waals surface area contributed by atoms with Gasteiger partial charge in [-0.1, -0.05) is 0 Å². The van der Waals surface area contributed by atoms with E-state index in [4.69, 9.17) is 10.2 Å². The SMILES string of the molecule is Cn1c(-c2ccco2)nn2cc(CN)nc12. The fourth-order valence-electron chi connectivity index (χ4n) is 1.69. The third kappa shape index (κ3) is 1.17. The van der Waals surface area contributed by atoms with Crippen LogP contribution in [-0.4, -0.2) is 19.2 Å². The van der Waals surface area contributed by atoms with Gasteiger partial charge in [-0.05, 0) is 12.1 Å². The molecule has 0 unspecified atom stereocenters. The normalized spacial score (nSPS) is 11.4. The molecule has 0 fully saturated rings. The first-order valence-corrected chi connectivity index (χ1v) is 4.94. The van der Waals surface area contributed by atoms with E-state index in [1.807, 2.05) is 29.9 Å². The molecule has 0 aliphatic carbocycles. The molecule has 3 aromatic heterocycles. The molecule has 2 N–H and O–H groups in total. The second kappa shape index (κ2) is 3.21. The molecule has 3 rings (SSSR count). The summed E-state index contributed by atoms with van der Waals surface area (Å²) in [4.78, 5) is 4.36.